The van der Waals surface area contributed by atoms with Crippen LogP contribution in [0.4, 0.5) is 18.3 Å². The zero-order valence-corrected chi connectivity index (χ0v) is 15.6. The number of fused-ring (bicyclic) bond motifs is 1. The molecule has 0 aliphatic rings. The van der Waals surface area contributed by atoms with Gasteiger partial charge in [0.1, 0.15) is 0 Å². The molecule has 0 atom stereocenters. The number of rotatable bonds is 9. The summed E-state index contributed by atoms with van der Waals surface area (Å²) in [5.41, 5.74) is 0.810. The van der Waals surface area contributed by atoms with E-state index < -0.39 is 17.9 Å². The van der Waals surface area contributed by atoms with Crippen LogP contribution >= 0.6 is 11.3 Å². The molecule has 2 aromatic rings. The van der Waals surface area contributed by atoms with Gasteiger partial charge in [-0.25, -0.2) is 4.98 Å². The fraction of sp³-hybridized carbons (Fsp3) is 0.471. The van der Waals surface area contributed by atoms with Gasteiger partial charge in [0.05, 0.1) is 10.2 Å². The summed E-state index contributed by atoms with van der Waals surface area (Å²) in [5.74, 6) is -6.48. The number of aliphatic hydroxyl groups is 2. The lowest BCUT2D eigenvalue weighted by Crippen LogP contribution is -2.57. The lowest BCUT2D eigenvalue weighted by molar-refractivity contribution is -0.328. The summed E-state index contributed by atoms with van der Waals surface area (Å²) in [5, 5.41) is 22.6. The van der Waals surface area contributed by atoms with Crippen LogP contribution in [0.5, 0.6) is 0 Å². The minimum absolute atomic E-state index is 0.129. The van der Waals surface area contributed by atoms with Crippen LogP contribution in [-0.4, -0.2) is 45.5 Å². The Morgan fingerprint density at radius 2 is 1.75 bits per heavy atom. The first-order valence-corrected chi connectivity index (χ1v) is 9.38. The highest BCUT2D eigenvalue weighted by molar-refractivity contribution is 7.22. The van der Waals surface area contributed by atoms with Gasteiger partial charge < -0.3 is 20.8 Å². The Morgan fingerprint density at radius 3 is 2.43 bits per heavy atom. The third kappa shape index (κ3) is 5.88. The number of alkyl halides is 3. The molecule has 2 rings (SSSR count). The Hall–Kier alpha value is -2.24. The van der Waals surface area contributed by atoms with Crippen molar-refractivity contribution < 1.29 is 33.0 Å². The summed E-state index contributed by atoms with van der Waals surface area (Å²) in [6, 6.07) is 7.51. The molecule has 0 saturated heterocycles. The summed E-state index contributed by atoms with van der Waals surface area (Å²) in [6.45, 7) is -0.129. The zero-order valence-electron chi connectivity index (χ0n) is 14.8. The van der Waals surface area contributed by atoms with Crippen molar-refractivity contribution in [2.75, 3.05) is 11.9 Å². The number of hydrogen-bond donors (Lipinski definition) is 4. The van der Waals surface area contributed by atoms with Crippen LogP contribution in [0.2, 0.25) is 0 Å². The smallest absolute Gasteiger partial charge is 0.351 e. The molecule has 0 aliphatic carbocycles. The minimum Gasteiger partial charge on any atom is -0.351 e. The highest BCUT2D eigenvalue weighted by Gasteiger charge is 2.58. The monoisotopic (exact) mass is 419 g/mol. The van der Waals surface area contributed by atoms with Crippen molar-refractivity contribution in [3.05, 3.63) is 24.3 Å². The van der Waals surface area contributed by atoms with Gasteiger partial charge in [-0.2, -0.15) is 13.2 Å². The van der Waals surface area contributed by atoms with Crippen LogP contribution < -0.4 is 10.6 Å². The second kappa shape index (κ2) is 9.30. The number of halogens is 3. The van der Waals surface area contributed by atoms with Gasteiger partial charge in [0.25, 0.3) is 5.91 Å². The highest BCUT2D eigenvalue weighted by Crippen LogP contribution is 2.28. The van der Waals surface area contributed by atoms with Gasteiger partial charge in [-0.3, -0.25) is 9.59 Å². The van der Waals surface area contributed by atoms with E-state index in [9.17, 15) is 22.8 Å². The van der Waals surface area contributed by atoms with Gasteiger partial charge in [0.2, 0.25) is 5.91 Å². The van der Waals surface area contributed by atoms with Crippen molar-refractivity contribution in [1.82, 2.24) is 10.3 Å². The molecule has 1 heterocycles. The highest BCUT2D eigenvalue weighted by atomic mass is 32.1. The maximum absolute atomic E-state index is 12.2. The van der Waals surface area contributed by atoms with Crippen LogP contribution in [0.1, 0.15) is 32.1 Å². The number of thiazole rings is 1. The maximum atomic E-state index is 12.2. The number of para-hydroxylation sites is 1. The Balaban J connectivity index is 1.59. The molecule has 0 radical (unpaired) electrons. The molecule has 11 heteroatoms. The quantitative estimate of drug-likeness (QED) is 0.369. The molecular weight excluding hydrogens is 399 g/mol. The maximum Gasteiger partial charge on any atom is 0.453 e. The number of anilines is 1. The molecule has 0 saturated carbocycles. The van der Waals surface area contributed by atoms with Gasteiger partial charge in [0, 0.05) is 13.0 Å². The summed E-state index contributed by atoms with van der Waals surface area (Å²) < 4.78 is 37.7. The van der Waals surface area contributed by atoms with E-state index in [2.05, 4.69) is 10.3 Å². The van der Waals surface area contributed by atoms with E-state index >= 15 is 0 Å². The van der Waals surface area contributed by atoms with Gasteiger partial charge in [-0.15, -0.1) is 0 Å². The predicted molar refractivity (Wildman–Crippen MR) is 97.6 cm³/mol. The molecule has 0 unspecified atom stereocenters. The van der Waals surface area contributed by atoms with Gasteiger partial charge in [-0.05, 0) is 25.0 Å². The number of carbonyl (C=O) groups excluding carboxylic acids is 2. The molecule has 0 spiro atoms. The van der Waals surface area contributed by atoms with Crippen LogP contribution in [0.3, 0.4) is 0 Å². The van der Waals surface area contributed by atoms with E-state index in [-0.39, 0.29) is 18.9 Å². The molecule has 1 aromatic carbocycles. The fourth-order valence-electron chi connectivity index (χ4n) is 2.33. The first-order valence-electron chi connectivity index (χ1n) is 8.56. The second-order valence-corrected chi connectivity index (χ2v) is 7.16. The van der Waals surface area contributed by atoms with Crippen molar-refractivity contribution in [3.63, 3.8) is 0 Å². The Labute approximate surface area is 162 Å². The average Bonchev–Trinajstić information content (AvgIpc) is 3.01. The van der Waals surface area contributed by atoms with E-state index in [0.717, 1.165) is 10.2 Å². The van der Waals surface area contributed by atoms with E-state index in [1.807, 2.05) is 29.6 Å². The third-order valence-corrected chi connectivity index (χ3v) is 4.82. The molecule has 7 nitrogen and oxygen atoms in total. The second-order valence-electron chi connectivity index (χ2n) is 6.13. The molecule has 0 bridgehead atoms. The Kier molecular flexibility index (Phi) is 7.33. The van der Waals surface area contributed by atoms with E-state index in [1.54, 1.807) is 0 Å². The van der Waals surface area contributed by atoms with Gasteiger partial charge >= 0.3 is 12.0 Å². The molecule has 28 heavy (non-hydrogen) atoms. The number of unbranched alkanes of at least 4 members (excludes halogenated alkanes) is 3. The fourth-order valence-corrected chi connectivity index (χ4v) is 3.21. The van der Waals surface area contributed by atoms with Crippen LogP contribution in [0.15, 0.2) is 24.3 Å². The first-order chi connectivity index (χ1) is 13.1. The van der Waals surface area contributed by atoms with Gasteiger partial charge in [-0.1, -0.05) is 36.3 Å². The lowest BCUT2D eigenvalue weighted by Gasteiger charge is -2.22. The van der Waals surface area contributed by atoms with Crippen molar-refractivity contribution in [2.24, 2.45) is 0 Å². The molecule has 4 N–H and O–H groups in total. The first kappa shape index (κ1) is 22.1. The van der Waals surface area contributed by atoms with Crippen molar-refractivity contribution in [2.45, 2.75) is 44.1 Å². The Morgan fingerprint density at radius 1 is 1.07 bits per heavy atom. The summed E-state index contributed by atoms with van der Waals surface area (Å²) in [6.07, 6.45) is -3.09. The number of aromatic nitrogens is 1. The number of nitrogens with one attached hydrogen (secondary N) is 2. The minimum atomic E-state index is -5.46. The molecule has 0 fully saturated rings. The number of amides is 2. The van der Waals surface area contributed by atoms with E-state index in [0.29, 0.717) is 30.8 Å². The Bertz CT molecular complexity index is 790. The SMILES string of the molecule is O=C(CCCCCCNC(=O)C(O)(O)C(F)(F)F)Nc1nc2ccccc2s1. The van der Waals surface area contributed by atoms with E-state index in [4.69, 9.17) is 10.2 Å². The molecule has 1 aromatic heterocycles. The van der Waals surface area contributed by atoms with Gasteiger partial charge in [0.15, 0.2) is 5.13 Å². The number of nitrogens with zero attached hydrogens (tertiary/aromatic N) is 1. The van der Waals surface area contributed by atoms with E-state index in [1.165, 1.54) is 11.3 Å². The largest absolute Gasteiger partial charge is 0.453 e. The number of carbonyl (C=O) groups is 2. The standard InChI is InChI=1S/C17H20F3N3O4S/c18-17(19,20)16(26,27)14(25)21-10-6-2-1-3-9-13(24)23-15-22-11-7-4-5-8-12(11)28-15/h4-5,7-8,26-27H,1-3,6,9-10H2,(H,21,25)(H,22,23,24). The summed E-state index contributed by atoms with van der Waals surface area (Å²) in [7, 11) is 0. The summed E-state index contributed by atoms with van der Waals surface area (Å²) >= 11 is 1.38. The normalized spacial score (nSPS) is 12.2. The number of benzene rings is 1. The third-order valence-electron chi connectivity index (χ3n) is 3.87. The molecule has 154 valence electrons. The van der Waals surface area contributed by atoms with Crippen molar-refractivity contribution in [1.29, 1.82) is 0 Å². The summed E-state index contributed by atoms with van der Waals surface area (Å²) in [4.78, 5) is 27.3. The molecular formula is C17H20F3N3O4S. The number of hydrogen-bond acceptors (Lipinski definition) is 6. The molecule has 0 aliphatic heterocycles. The average molecular weight is 419 g/mol. The van der Waals surface area contributed by atoms with Crippen LogP contribution in [0.25, 0.3) is 10.2 Å². The van der Waals surface area contributed by atoms with Crippen molar-refractivity contribution in [3.8, 4) is 0 Å². The van der Waals surface area contributed by atoms with Crippen LogP contribution in [-0.2, 0) is 9.59 Å². The van der Waals surface area contributed by atoms with Crippen LogP contribution in [0, 0.1) is 0 Å². The zero-order chi connectivity index (χ0) is 20.8. The molecule has 2 amide bonds. The topological polar surface area (TPSA) is 112 Å². The lowest BCUT2D eigenvalue weighted by atomic mass is 10.1. The predicted octanol–water partition coefficient (Wildman–Crippen LogP) is 2.54. The van der Waals surface area contributed by atoms with Crippen molar-refractivity contribution >= 4 is 38.5 Å².